The van der Waals surface area contributed by atoms with Crippen LogP contribution in [0, 0.1) is 28.6 Å². The van der Waals surface area contributed by atoms with E-state index in [-0.39, 0.29) is 34.6 Å². The monoisotopic (exact) mass is 458 g/mol. The standard InChI is InChI=1S/C26H38N2O5/c1-6-31-23(30)28-27-15(2)26-22(33-26)14-21-19-8-7-17-13-18(32-16(3)29)9-11-24(17,4)20(19)10-12-25(21,26)5/h7,18-22H,6,8-14H2,1-5H3,(H,28,30)/b27-15-/t18?,19-,20+,21+,22-,24+,25+,26-/m1/s1. The fourth-order valence-corrected chi connectivity index (χ4v) is 8.42. The Morgan fingerprint density at radius 3 is 2.73 bits per heavy atom. The van der Waals surface area contributed by atoms with Crippen LogP contribution in [0.4, 0.5) is 4.79 Å². The van der Waals surface area contributed by atoms with E-state index in [0.717, 1.165) is 44.2 Å². The highest BCUT2D eigenvalue weighted by molar-refractivity contribution is 5.95. The van der Waals surface area contributed by atoms with Gasteiger partial charge in [-0.25, -0.2) is 10.2 Å². The summed E-state index contributed by atoms with van der Waals surface area (Å²) in [5, 5.41) is 4.40. The van der Waals surface area contributed by atoms with Gasteiger partial charge in [-0.3, -0.25) is 4.79 Å². The molecule has 0 aromatic carbocycles. The molecule has 4 fully saturated rings. The molecule has 7 nitrogen and oxygen atoms in total. The highest BCUT2D eigenvalue weighted by Gasteiger charge is 2.78. The molecule has 1 unspecified atom stereocenters. The van der Waals surface area contributed by atoms with Gasteiger partial charge in [0.05, 0.1) is 18.4 Å². The third-order valence-corrected chi connectivity index (χ3v) is 9.95. The zero-order chi connectivity index (χ0) is 23.6. The van der Waals surface area contributed by atoms with E-state index in [2.05, 4.69) is 30.5 Å². The maximum Gasteiger partial charge on any atom is 0.427 e. The van der Waals surface area contributed by atoms with Crippen LogP contribution in [0.5, 0.6) is 0 Å². The predicted octanol–water partition coefficient (Wildman–Crippen LogP) is 4.75. The molecule has 182 valence electrons. The summed E-state index contributed by atoms with van der Waals surface area (Å²) >= 11 is 0. The summed E-state index contributed by atoms with van der Waals surface area (Å²) in [6.45, 7) is 10.5. The van der Waals surface area contributed by atoms with Gasteiger partial charge in [0, 0.05) is 18.8 Å². The van der Waals surface area contributed by atoms with Gasteiger partial charge in [-0.15, -0.1) is 0 Å². The van der Waals surface area contributed by atoms with E-state index in [9.17, 15) is 9.59 Å². The number of amides is 1. The van der Waals surface area contributed by atoms with Gasteiger partial charge < -0.3 is 14.2 Å². The van der Waals surface area contributed by atoms with Crippen LogP contribution in [0.25, 0.3) is 0 Å². The molecule has 1 saturated heterocycles. The molecule has 5 aliphatic rings. The molecule has 0 radical (unpaired) electrons. The number of esters is 1. The van der Waals surface area contributed by atoms with Crippen molar-refractivity contribution in [3.63, 3.8) is 0 Å². The molecule has 0 aromatic rings. The van der Waals surface area contributed by atoms with Crippen molar-refractivity contribution >= 4 is 17.8 Å². The number of hydrogen-bond acceptors (Lipinski definition) is 6. The summed E-state index contributed by atoms with van der Waals surface area (Å²) < 4.78 is 16.9. The highest BCUT2D eigenvalue weighted by Crippen LogP contribution is 2.73. The molecule has 8 atom stereocenters. The summed E-state index contributed by atoms with van der Waals surface area (Å²) in [5.41, 5.74) is 4.79. The SMILES string of the molecule is CCOC(=O)N/N=C(/C)[C@@]12O[C@@H]1C[C@H]1[C@@H]3CC=C4CC(OC(C)=O)CC[C@]4(C)[C@H]3CC[C@@]12C. The highest BCUT2D eigenvalue weighted by atomic mass is 16.6. The van der Waals surface area contributed by atoms with Gasteiger partial charge in [-0.2, -0.15) is 5.10 Å². The molecule has 7 heteroatoms. The van der Waals surface area contributed by atoms with Crippen LogP contribution in [0.3, 0.4) is 0 Å². The molecule has 1 aliphatic heterocycles. The largest absolute Gasteiger partial charge is 0.462 e. The number of rotatable bonds is 4. The van der Waals surface area contributed by atoms with Gasteiger partial charge in [0.15, 0.2) is 0 Å². The smallest absolute Gasteiger partial charge is 0.427 e. The number of epoxide rings is 1. The summed E-state index contributed by atoms with van der Waals surface area (Å²) in [5.74, 6) is 1.72. The van der Waals surface area contributed by atoms with Crippen LogP contribution in [0.1, 0.15) is 79.6 Å². The van der Waals surface area contributed by atoms with E-state index < -0.39 is 6.09 Å². The minimum absolute atomic E-state index is 0.0272. The molecule has 5 rings (SSSR count). The second kappa shape index (κ2) is 7.82. The van der Waals surface area contributed by atoms with Crippen LogP contribution in [-0.4, -0.2) is 42.2 Å². The Kier molecular flexibility index (Phi) is 5.42. The number of carbonyl (C=O) groups excluding carboxylic acids is 2. The van der Waals surface area contributed by atoms with Crippen LogP contribution < -0.4 is 5.43 Å². The minimum Gasteiger partial charge on any atom is -0.462 e. The Morgan fingerprint density at radius 1 is 1.21 bits per heavy atom. The molecular formula is C26H38N2O5. The van der Waals surface area contributed by atoms with Gasteiger partial charge in [0.2, 0.25) is 0 Å². The van der Waals surface area contributed by atoms with Crippen molar-refractivity contribution < 1.29 is 23.8 Å². The molecule has 1 heterocycles. The first-order chi connectivity index (χ1) is 15.7. The molecule has 3 saturated carbocycles. The van der Waals surface area contributed by atoms with Gasteiger partial charge >= 0.3 is 12.1 Å². The number of allylic oxidation sites excluding steroid dienone is 1. The number of hydrogen-bond donors (Lipinski definition) is 1. The molecule has 0 spiro atoms. The lowest BCUT2D eigenvalue weighted by Gasteiger charge is -2.58. The van der Waals surface area contributed by atoms with E-state index in [0.29, 0.717) is 24.4 Å². The molecule has 4 aliphatic carbocycles. The van der Waals surface area contributed by atoms with Crippen molar-refractivity contribution in [3.05, 3.63) is 11.6 Å². The summed E-state index contributed by atoms with van der Waals surface area (Å²) in [7, 11) is 0. The summed E-state index contributed by atoms with van der Waals surface area (Å²) in [4.78, 5) is 23.3. The average Bonchev–Trinajstić information content (AvgIpc) is 3.44. The van der Waals surface area contributed by atoms with Crippen LogP contribution >= 0.6 is 0 Å². The third-order valence-electron chi connectivity index (χ3n) is 9.95. The fraction of sp³-hybridized carbons (Fsp3) is 0.808. The molecule has 0 bridgehead atoms. The van der Waals surface area contributed by atoms with Crippen molar-refractivity contribution in [2.24, 2.45) is 33.7 Å². The third kappa shape index (κ3) is 3.28. The van der Waals surface area contributed by atoms with Crippen molar-refractivity contribution in [2.75, 3.05) is 6.61 Å². The Morgan fingerprint density at radius 2 is 2.00 bits per heavy atom. The number of nitrogens with one attached hydrogen (secondary N) is 1. The summed E-state index contributed by atoms with van der Waals surface area (Å²) in [6.07, 6.45) is 9.59. The number of carbonyl (C=O) groups is 2. The number of ether oxygens (including phenoxy) is 3. The average molecular weight is 459 g/mol. The van der Waals surface area contributed by atoms with Crippen molar-refractivity contribution in [1.82, 2.24) is 5.43 Å². The predicted molar refractivity (Wildman–Crippen MR) is 124 cm³/mol. The fourth-order valence-electron chi connectivity index (χ4n) is 8.42. The van der Waals surface area contributed by atoms with Gasteiger partial charge in [0.25, 0.3) is 0 Å². The van der Waals surface area contributed by atoms with Crippen molar-refractivity contribution in [1.29, 1.82) is 0 Å². The van der Waals surface area contributed by atoms with Gasteiger partial charge in [-0.1, -0.05) is 25.5 Å². The van der Waals surface area contributed by atoms with Crippen molar-refractivity contribution in [3.8, 4) is 0 Å². The number of hydrazone groups is 1. The van der Waals surface area contributed by atoms with Crippen molar-refractivity contribution in [2.45, 2.75) is 97.4 Å². The molecule has 33 heavy (non-hydrogen) atoms. The van der Waals surface area contributed by atoms with Crippen LogP contribution in [-0.2, 0) is 19.0 Å². The summed E-state index contributed by atoms with van der Waals surface area (Å²) in [6, 6.07) is 0. The van der Waals surface area contributed by atoms with Crippen LogP contribution in [0.2, 0.25) is 0 Å². The lowest BCUT2D eigenvalue weighted by molar-refractivity contribution is -0.148. The number of fused-ring (bicyclic) bond motifs is 7. The molecule has 1 N–H and O–H groups in total. The number of nitrogens with zero attached hydrogens (tertiary/aromatic N) is 1. The molecule has 0 aromatic heterocycles. The molecule has 1 amide bonds. The quantitative estimate of drug-likeness (QED) is 0.216. The zero-order valence-electron chi connectivity index (χ0n) is 20.6. The Hall–Kier alpha value is -1.89. The van der Waals surface area contributed by atoms with E-state index in [4.69, 9.17) is 14.2 Å². The van der Waals surface area contributed by atoms with E-state index >= 15 is 0 Å². The first kappa shape index (κ1) is 22.9. The topological polar surface area (TPSA) is 89.5 Å². The lowest BCUT2D eigenvalue weighted by Crippen LogP contribution is -2.54. The second-order valence-corrected chi connectivity index (χ2v) is 11.3. The van der Waals surface area contributed by atoms with E-state index in [1.165, 1.54) is 18.9 Å². The van der Waals surface area contributed by atoms with E-state index in [1.807, 2.05) is 6.92 Å². The normalized spacial score (nSPS) is 45.5. The first-order valence-electron chi connectivity index (χ1n) is 12.7. The molecular weight excluding hydrogens is 420 g/mol. The Labute approximate surface area is 196 Å². The lowest BCUT2D eigenvalue weighted by atomic mass is 9.47. The Balaban J connectivity index is 1.36. The second-order valence-electron chi connectivity index (χ2n) is 11.3. The Bertz CT molecular complexity index is 914. The van der Waals surface area contributed by atoms with Crippen LogP contribution in [0.15, 0.2) is 16.8 Å². The minimum atomic E-state index is -0.518. The zero-order valence-corrected chi connectivity index (χ0v) is 20.6. The first-order valence-corrected chi connectivity index (χ1v) is 12.7. The van der Waals surface area contributed by atoms with Gasteiger partial charge in [-0.05, 0) is 75.5 Å². The maximum atomic E-state index is 11.8. The maximum absolute atomic E-state index is 11.8. The van der Waals surface area contributed by atoms with Gasteiger partial charge in [0.1, 0.15) is 11.7 Å². The van der Waals surface area contributed by atoms with E-state index in [1.54, 1.807) is 6.92 Å².